The van der Waals surface area contributed by atoms with E-state index in [-0.39, 0.29) is 17.5 Å². The van der Waals surface area contributed by atoms with Crippen molar-refractivity contribution >= 4 is 23.5 Å². The molecule has 0 saturated carbocycles. The summed E-state index contributed by atoms with van der Waals surface area (Å²) in [5.74, 6) is 0.442. The number of carbonyl (C=O) groups is 1. The molecule has 2 aliphatic heterocycles. The van der Waals surface area contributed by atoms with Gasteiger partial charge in [-0.2, -0.15) is 0 Å². The molecule has 6 heteroatoms. The smallest absolute Gasteiger partial charge is 0.321 e. The van der Waals surface area contributed by atoms with Gasteiger partial charge in [0.15, 0.2) is 0 Å². The lowest BCUT2D eigenvalue weighted by Gasteiger charge is -2.43. The number of amides is 2. The van der Waals surface area contributed by atoms with Gasteiger partial charge < -0.3 is 14.8 Å². The van der Waals surface area contributed by atoms with Crippen LogP contribution in [-0.4, -0.2) is 34.8 Å². The average molecular weight is 432 g/mol. The number of nitrogens with zero attached hydrogens (tertiary/aromatic N) is 2. The van der Waals surface area contributed by atoms with Crippen molar-refractivity contribution in [1.29, 1.82) is 0 Å². The minimum absolute atomic E-state index is 0.0522. The first-order chi connectivity index (χ1) is 15.1. The normalized spacial score (nSPS) is 19.6. The highest BCUT2D eigenvalue weighted by Gasteiger charge is 2.37. The molecule has 1 saturated heterocycles. The molecular weight excluding hydrogens is 406 g/mol. The van der Waals surface area contributed by atoms with Gasteiger partial charge in [0, 0.05) is 53.5 Å². The number of fused-ring (bicyclic) bond motifs is 4. The Kier molecular flexibility index (Phi) is 5.32. The summed E-state index contributed by atoms with van der Waals surface area (Å²) in [7, 11) is 0. The number of benzene rings is 2. The maximum Gasteiger partial charge on any atom is 0.321 e. The molecule has 2 atom stereocenters. The van der Waals surface area contributed by atoms with Gasteiger partial charge >= 0.3 is 6.03 Å². The number of nitrogens with one attached hydrogen (secondary N) is 1. The summed E-state index contributed by atoms with van der Waals surface area (Å²) in [6.45, 7) is 1.96. The number of carbonyl (C=O) groups excluding carboxylic acids is 1. The number of pyridine rings is 1. The Morgan fingerprint density at radius 2 is 1.74 bits per heavy atom. The second kappa shape index (κ2) is 8.27. The van der Waals surface area contributed by atoms with E-state index in [0.29, 0.717) is 25.6 Å². The second-order valence-corrected chi connectivity index (χ2v) is 9.19. The Labute approximate surface area is 186 Å². The zero-order chi connectivity index (χ0) is 21.4. The van der Waals surface area contributed by atoms with Crippen LogP contribution in [0.25, 0.3) is 11.1 Å². The zero-order valence-electron chi connectivity index (χ0n) is 17.5. The molecule has 2 amide bonds. The lowest BCUT2D eigenvalue weighted by atomic mass is 9.80. The van der Waals surface area contributed by atoms with Gasteiger partial charge in [-0.25, -0.2) is 4.79 Å². The molecular formula is C25H25N3O2S. The van der Waals surface area contributed by atoms with E-state index in [2.05, 4.69) is 35.8 Å². The number of thioether (sulfide) groups is 1. The van der Waals surface area contributed by atoms with Gasteiger partial charge in [0.1, 0.15) is 0 Å². The highest BCUT2D eigenvalue weighted by molar-refractivity contribution is 7.98. The SMILES string of the molecule is CSc1ccc(-c2ccc(=O)n3c2[C@@H]2C[C@@H](CN(C(=O)Nc4ccccc4)C2)C3)cc1. The number of piperidine rings is 1. The maximum absolute atomic E-state index is 12.9. The van der Waals surface area contributed by atoms with Crippen molar-refractivity contribution < 1.29 is 4.79 Å². The number of para-hydroxylation sites is 1. The predicted molar refractivity (Wildman–Crippen MR) is 126 cm³/mol. The van der Waals surface area contributed by atoms with Gasteiger partial charge in [-0.1, -0.05) is 30.3 Å². The summed E-state index contributed by atoms with van der Waals surface area (Å²) in [6.07, 6.45) is 3.07. The van der Waals surface area contributed by atoms with Crippen LogP contribution in [0.1, 0.15) is 18.0 Å². The second-order valence-electron chi connectivity index (χ2n) is 8.31. The van der Waals surface area contributed by atoms with E-state index in [0.717, 1.165) is 28.9 Å². The Bertz CT molecular complexity index is 1160. The van der Waals surface area contributed by atoms with Gasteiger partial charge in [-0.05, 0) is 54.5 Å². The molecule has 2 bridgehead atoms. The Morgan fingerprint density at radius 1 is 0.968 bits per heavy atom. The standard InChI is InChI=1S/C25H25N3O2S/c1-31-21-9-7-18(8-10-21)22-11-12-23(29)28-15-17-13-19(24(22)28)16-27(14-17)25(30)26-20-5-3-2-4-6-20/h2-12,17,19H,13-16H2,1H3,(H,26,30)/t17-,19+/m0/s1. The maximum atomic E-state index is 12.9. The van der Waals surface area contributed by atoms with Gasteiger partial charge in [-0.15, -0.1) is 11.8 Å². The zero-order valence-corrected chi connectivity index (χ0v) is 18.3. The van der Waals surface area contributed by atoms with E-state index in [1.165, 1.54) is 4.90 Å². The molecule has 3 heterocycles. The first-order valence-corrected chi connectivity index (χ1v) is 11.8. The lowest BCUT2D eigenvalue weighted by Crippen LogP contribution is -2.50. The Balaban J connectivity index is 1.47. The Morgan fingerprint density at radius 3 is 2.48 bits per heavy atom. The number of hydrogen-bond donors (Lipinski definition) is 1. The van der Waals surface area contributed by atoms with Crippen molar-refractivity contribution in [2.45, 2.75) is 23.8 Å². The Hall–Kier alpha value is -2.99. The van der Waals surface area contributed by atoms with E-state index in [1.54, 1.807) is 17.8 Å². The third-order valence-corrected chi connectivity index (χ3v) is 7.05. The predicted octanol–water partition coefficient (Wildman–Crippen LogP) is 4.89. The summed E-state index contributed by atoms with van der Waals surface area (Å²) in [6, 6.07) is 21.6. The van der Waals surface area contributed by atoms with Gasteiger partial charge in [-0.3, -0.25) is 4.79 Å². The number of hydrogen-bond acceptors (Lipinski definition) is 3. The van der Waals surface area contributed by atoms with Crippen molar-refractivity contribution in [3.8, 4) is 11.1 Å². The van der Waals surface area contributed by atoms with Gasteiger partial charge in [0.2, 0.25) is 0 Å². The summed E-state index contributed by atoms with van der Waals surface area (Å²) in [5, 5.41) is 3.01. The summed E-state index contributed by atoms with van der Waals surface area (Å²) < 4.78 is 1.95. The molecule has 0 unspecified atom stereocenters. The minimum Gasteiger partial charge on any atom is -0.324 e. The molecule has 1 aromatic heterocycles. The molecule has 1 fully saturated rings. The fourth-order valence-corrected chi connectivity index (χ4v) is 5.33. The molecule has 3 aromatic rings. The monoisotopic (exact) mass is 431 g/mol. The number of likely N-dealkylation sites (tertiary alicyclic amines) is 1. The van der Waals surface area contributed by atoms with Gasteiger partial charge in [0.25, 0.3) is 5.56 Å². The van der Waals surface area contributed by atoms with Gasteiger partial charge in [0.05, 0.1) is 0 Å². The van der Waals surface area contributed by atoms with E-state index in [1.807, 2.05) is 45.9 Å². The fraction of sp³-hybridized carbons (Fsp3) is 0.280. The van der Waals surface area contributed by atoms with Crippen LogP contribution in [0.15, 0.2) is 76.4 Å². The minimum atomic E-state index is -0.0708. The average Bonchev–Trinajstić information content (AvgIpc) is 2.80. The van der Waals surface area contributed by atoms with Crippen LogP contribution in [-0.2, 0) is 6.54 Å². The van der Waals surface area contributed by atoms with Crippen LogP contribution in [0.2, 0.25) is 0 Å². The molecule has 31 heavy (non-hydrogen) atoms. The molecule has 0 radical (unpaired) electrons. The first-order valence-electron chi connectivity index (χ1n) is 10.6. The highest BCUT2D eigenvalue weighted by Crippen LogP contribution is 2.40. The number of rotatable bonds is 3. The van der Waals surface area contributed by atoms with Crippen molar-refractivity contribution in [3.05, 3.63) is 82.8 Å². The molecule has 0 spiro atoms. The van der Waals surface area contributed by atoms with Crippen molar-refractivity contribution in [3.63, 3.8) is 0 Å². The van der Waals surface area contributed by atoms with Crippen LogP contribution in [0.4, 0.5) is 10.5 Å². The number of urea groups is 1. The third kappa shape index (κ3) is 3.88. The van der Waals surface area contributed by atoms with Crippen molar-refractivity contribution in [2.24, 2.45) is 5.92 Å². The van der Waals surface area contributed by atoms with Crippen LogP contribution in [0.3, 0.4) is 0 Å². The van der Waals surface area contributed by atoms with E-state index < -0.39 is 0 Å². The molecule has 5 rings (SSSR count). The van der Waals surface area contributed by atoms with Crippen LogP contribution in [0.5, 0.6) is 0 Å². The van der Waals surface area contributed by atoms with E-state index in [4.69, 9.17) is 0 Å². The summed E-state index contributed by atoms with van der Waals surface area (Å²) >= 11 is 1.72. The molecule has 158 valence electrons. The van der Waals surface area contributed by atoms with Crippen LogP contribution < -0.4 is 10.9 Å². The summed E-state index contributed by atoms with van der Waals surface area (Å²) in [5.41, 5.74) is 4.13. The molecule has 0 aliphatic carbocycles. The quantitative estimate of drug-likeness (QED) is 0.601. The van der Waals surface area contributed by atoms with E-state index in [9.17, 15) is 9.59 Å². The van der Waals surface area contributed by atoms with Crippen LogP contribution >= 0.6 is 11.8 Å². The van der Waals surface area contributed by atoms with E-state index >= 15 is 0 Å². The third-order valence-electron chi connectivity index (χ3n) is 6.30. The summed E-state index contributed by atoms with van der Waals surface area (Å²) in [4.78, 5) is 28.8. The molecule has 1 N–H and O–H groups in total. The van der Waals surface area contributed by atoms with Crippen LogP contribution in [0, 0.1) is 5.92 Å². The highest BCUT2D eigenvalue weighted by atomic mass is 32.2. The fourth-order valence-electron chi connectivity index (χ4n) is 4.92. The molecule has 2 aliphatic rings. The van der Waals surface area contributed by atoms with Crippen molar-refractivity contribution in [2.75, 3.05) is 24.7 Å². The number of aromatic nitrogens is 1. The largest absolute Gasteiger partial charge is 0.324 e. The topological polar surface area (TPSA) is 54.3 Å². The number of anilines is 1. The molecule has 5 nitrogen and oxygen atoms in total. The first kappa shape index (κ1) is 19.9. The molecule has 2 aromatic carbocycles. The van der Waals surface area contributed by atoms with Crippen molar-refractivity contribution in [1.82, 2.24) is 9.47 Å². The lowest BCUT2D eigenvalue weighted by molar-refractivity contribution is 0.140.